The maximum absolute atomic E-state index is 6.36. The third kappa shape index (κ3) is 4.02. The number of piperidine rings is 1. The second-order valence-corrected chi connectivity index (χ2v) is 7.40. The van der Waals surface area contributed by atoms with Crippen molar-refractivity contribution in [2.45, 2.75) is 33.1 Å². The maximum Gasteiger partial charge on any atom is 0.219 e. The van der Waals surface area contributed by atoms with Crippen LogP contribution in [0.1, 0.15) is 30.5 Å². The molecule has 128 valence electrons. The SMILES string of the molecule is Cc1cc(Oc2snc(C)c2Cl)c(Cl)cc1/N=C/N1CCCCC1. The first-order chi connectivity index (χ1) is 11.5. The maximum atomic E-state index is 6.36. The van der Waals surface area contributed by atoms with E-state index in [1.807, 2.05) is 32.3 Å². The fraction of sp³-hybridized carbons (Fsp3) is 0.412. The molecular weight excluding hydrogens is 365 g/mol. The van der Waals surface area contributed by atoms with E-state index in [2.05, 4.69) is 14.3 Å². The Morgan fingerprint density at radius 3 is 2.62 bits per heavy atom. The number of aromatic nitrogens is 1. The lowest BCUT2D eigenvalue weighted by atomic mass is 10.1. The minimum atomic E-state index is 0.508. The van der Waals surface area contributed by atoms with Gasteiger partial charge in [-0.1, -0.05) is 23.2 Å². The molecule has 1 saturated heterocycles. The molecule has 2 heterocycles. The minimum Gasteiger partial charge on any atom is -0.442 e. The first kappa shape index (κ1) is 17.5. The van der Waals surface area contributed by atoms with Gasteiger partial charge in [-0.3, -0.25) is 0 Å². The highest BCUT2D eigenvalue weighted by atomic mass is 35.5. The van der Waals surface area contributed by atoms with Gasteiger partial charge < -0.3 is 9.64 Å². The summed E-state index contributed by atoms with van der Waals surface area (Å²) >= 11 is 13.7. The van der Waals surface area contributed by atoms with E-state index in [-0.39, 0.29) is 0 Å². The minimum absolute atomic E-state index is 0.508. The van der Waals surface area contributed by atoms with Crippen LogP contribution in [0, 0.1) is 13.8 Å². The molecule has 0 N–H and O–H groups in total. The Labute approximate surface area is 156 Å². The summed E-state index contributed by atoms with van der Waals surface area (Å²) < 4.78 is 10.00. The molecular formula is C17H19Cl2N3OS. The molecule has 0 saturated carbocycles. The highest BCUT2D eigenvalue weighted by Gasteiger charge is 2.14. The van der Waals surface area contributed by atoms with Crippen LogP contribution >= 0.6 is 34.7 Å². The van der Waals surface area contributed by atoms with E-state index >= 15 is 0 Å². The van der Waals surface area contributed by atoms with Crippen LogP contribution in [0.2, 0.25) is 10.0 Å². The fourth-order valence-corrected chi connectivity index (χ4v) is 3.64. The largest absolute Gasteiger partial charge is 0.442 e. The molecule has 0 spiro atoms. The standard InChI is InChI=1S/C17H19Cl2N3OS/c1-11-8-15(23-17-16(19)12(2)21-24-17)13(18)9-14(11)20-10-22-6-4-3-5-7-22/h8-10H,3-7H2,1-2H3/b20-10+. The number of nitrogens with zero attached hydrogens (tertiary/aromatic N) is 3. The van der Waals surface area contributed by atoms with E-state index in [0.717, 1.165) is 30.0 Å². The molecule has 0 radical (unpaired) electrons. The van der Waals surface area contributed by atoms with Gasteiger partial charge >= 0.3 is 0 Å². The average molecular weight is 384 g/mol. The number of aliphatic imine (C=N–C) groups is 1. The van der Waals surface area contributed by atoms with Crippen LogP contribution < -0.4 is 4.74 Å². The van der Waals surface area contributed by atoms with E-state index in [4.69, 9.17) is 27.9 Å². The Balaban J connectivity index is 1.78. The van der Waals surface area contributed by atoms with Crippen LogP contribution in [0.5, 0.6) is 10.8 Å². The van der Waals surface area contributed by atoms with Crippen molar-refractivity contribution in [1.29, 1.82) is 0 Å². The van der Waals surface area contributed by atoms with Crippen molar-refractivity contribution >= 4 is 46.8 Å². The van der Waals surface area contributed by atoms with Gasteiger partial charge in [0.1, 0.15) is 10.8 Å². The molecule has 3 rings (SSSR count). The van der Waals surface area contributed by atoms with Crippen LogP contribution in [0.25, 0.3) is 0 Å². The number of rotatable bonds is 4. The van der Waals surface area contributed by atoms with Crippen LogP contribution in [0.15, 0.2) is 17.1 Å². The third-order valence-corrected chi connectivity index (χ3v) is 5.64. The summed E-state index contributed by atoms with van der Waals surface area (Å²) in [4.78, 5) is 6.84. The van der Waals surface area contributed by atoms with Gasteiger partial charge in [0.05, 0.1) is 22.7 Å². The molecule has 1 aromatic carbocycles. The smallest absolute Gasteiger partial charge is 0.219 e. The molecule has 2 aromatic rings. The second kappa shape index (κ2) is 7.72. The van der Waals surface area contributed by atoms with E-state index in [9.17, 15) is 0 Å². The van der Waals surface area contributed by atoms with Crippen molar-refractivity contribution in [3.05, 3.63) is 33.4 Å². The van der Waals surface area contributed by atoms with E-state index in [0.29, 0.717) is 20.9 Å². The summed E-state index contributed by atoms with van der Waals surface area (Å²) in [6.07, 6.45) is 5.68. The summed E-state index contributed by atoms with van der Waals surface area (Å²) in [5, 5.41) is 1.59. The van der Waals surface area contributed by atoms with Gasteiger partial charge in [0.25, 0.3) is 0 Å². The molecule has 1 aromatic heterocycles. The Bertz CT molecular complexity index is 755. The van der Waals surface area contributed by atoms with Crippen LogP contribution in [-0.2, 0) is 0 Å². The fourth-order valence-electron chi connectivity index (χ4n) is 2.54. The first-order valence-electron chi connectivity index (χ1n) is 7.92. The summed E-state index contributed by atoms with van der Waals surface area (Å²) in [5.41, 5.74) is 2.61. The number of halogens is 2. The second-order valence-electron chi connectivity index (χ2n) is 5.88. The first-order valence-corrected chi connectivity index (χ1v) is 9.45. The summed E-state index contributed by atoms with van der Waals surface area (Å²) in [5.74, 6) is 0.566. The topological polar surface area (TPSA) is 37.7 Å². The molecule has 0 bridgehead atoms. The molecule has 24 heavy (non-hydrogen) atoms. The number of aryl methyl sites for hydroxylation is 2. The number of benzene rings is 1. The lowest BCUT2D eigenvalue weighted by Gasteiger charge is -2.23. The zero-order valence-corrected chi connectivity index (χ0v) is 16.0. The van der Waals surface area contributed by atoms with Crippen molar-refractivity contribution in [2.75, 3.05) is 13.1 Å². The predicted octanol–water partition coefficient (Wildman–Crippen LogP) is 6.00. The van der Waals surface area contributed by atoms with Crippen molar-refractivity contribution in [3.8, 4) is 10.8 Å². The Morgan fingerprint density at radius 2 is 1.96 bits per heavy atom. The molecule has 4 nitrogen and oxygen atoms in total. The van der Waals surface area contributed by atoms with E-state index in [1.54, 1.807) is 0 Å². The zero-order chi connectivity index (χ0) is 17.1. The summed E-state index contributed by atoms with van der Waals surface area (Å²) in [7, 11) is 0. The number of likely N-dealkylation sites (tertiary alicyclic amines) is 1. The molecule has 7 heteroatoms. The lowest BCUT2D eigenvalue weighted by molar-refractivity contribution is 0.351. The van der Waals surface area contributed by atoms with Crippen LogP contribution in [0.3, 0.4) is 0 Å². The summed E-state index contributed by atoms with van der Waals surface area (Å²) in [6, 6.07) is 3.71. The Kier molecular flexibility index (Phi) is 5.64. The quantitative estimate of drug-likeness (QED) is 0.479. The predicted molar refractivity (Wildman–Crippen MR) is 102 cm³/mol. The van der Waals surface area contributed by atoms with Crippen LogP contribution in [0.4, 0.5) is 5.69 Å². The Hall–Kier alpha value is -1.30. The van der Waals surface area contributed by atoms with Gasteiger partial charge in [-0.25, -0.2) is 4.99 Å². The lowest BCUT2D eigenvalue weighted by Crippen LogP contribution is -2.28. The van der Waals surface area contributed by atoms with E-state index < -0.39 is 0 Å². The van der Waals surface area contributed by atoms with Gasteiger partial charge in [0, 0.05) is 24.6 Å². The zero-order valence-electron chi connectivity index (χ0n) is 13.7. The monoisotopic (exact) mass is 383 g/mol. The normalized spacial score (nSPS) is 15.2. The van der Waals surface area contributed by atoms with Crippen molar-refractivity contribution in [1.82, 2.24) is 9.27 Å². The molecule has 1 fully saturated rings. The highest BCUT2D eigenvalue weighted by molar-refractivity contribution is 7.08. The summed E-state index contributed by atoms with van der Waals surface area (Å²) in [6.45, 7) is 5.98. The number of hydrogen-bond donors (Lipinski definition) is 0. The van der Waals surface area contributed by atoms with Crippen molar-refractivity contribution in [3.63, 3.8) is 0 Å². The molecule has 1 aliphatic rings. The Morgan fingerprint density at radius 1 is 1.21 bits per heavy atom. The van der Waals surface area contributed by atoms with Gasteiger partial charge in [-0.2, -0.15) is 4.37 Å². The van der Waals surface area contributed by atoms with Gasteiger partial charge in [-0.15, -0.1) is 0 Å². The highest BCUT2D eigenvalue weighted by Crippen LogP contribution is 2.40. The molecule has 0 aliphatic carbocycles. The van der Waals surface area contributed by atoms with Gasteiger partial charge in [0.2, 0.25) is 5.06 Å². The van der Waals surface area contributed by atoms with Crippen molar-refractivity contribution < 1.29 is 4.74 Å². The molecule has 1 aliphatic heterocycles. The number of hydrogen-bond acceptors (Lipinski definition) is 4. The van der Waals surface area contributed by atoms with Gasteiger partial charge in [0.15, 0.2) is 0 Å². The van der Waals surface area contributed by atoms with Crippen molar-refractivity contribution in [2.24, 2.45) is 4.99 Å². The molecule has 0 atom stereocenters. The van der Waals surface area contributed by atoms with E-state index in [1.165, 1.54) is 30.8 Å². The number of ether oxygens (including phenoxy) is 1. The molecule has 0 amide bonds. The molecule has 0 unspecified atom stereocenters. The van der Waals surface area contributed by atoms with Crippen LogP contribution in [-0.4, -0.2) is 28.7 Å². The van der Waals surface area contributed by atoms with Gasteiger partial charge in [-0.05, 0) is 50.8 Å². The average Bonchev–Trinajstić information content (AvgIpc) is 2.89. The third-order valence-electron chi connectivity index (χ3n) is 3.97.